The normalized spacial score (nSPS) is 13.5. The molecule has 0 aliphatic carbocycles. The Hall–Kier alpha value is -1.63. The van der Waals surface area contributed by atoms with Crippen molar-refractivity contribution in [2.75, 3.05) is 6.54 Å². The van der Waals surface area contributed by atoms with Crippen LogP contribution in [0.4, 0.5) is 0 Å². The van der Waals surface area contributed by atoms with E-state index in [1.165, 1.54) is 0 Å². The number of sulfonamides is 1. The number of hydrogen-bond acceptors (Lipinski definition) is 3. The second-order valence-corrected chi connectivity index (χ2v) is 7.40. The van der Waals surface area contributed by atoms with Crippen molar-refractivity contribution in [2.24, 2.45) is 7.05 Å². The van der Waals surface area contributed by atoms with Crippen LogP contribution in [-0.2, 0) is 17.1 Å². The summed E-state index contributed by atoms with van der Waals surface area (Å²) in [4.78, 5) is 0.205. The van der Waals surface area contributed by atoms with Crippen molar-refractivity contribution in [1.29, 1.82) is 0 Å². The Labute approximate surface area is 131 Å². The van der Waals surface area contributed by atoms with Crippen molar-refractivity contribution in [1.82, 2.24) is 9.29 Å². The van der Waals surface area contributed by atoms with E-state index >= 15 is 0 Å². The van der Waals surface area contributed by atoms with Crippen LogP contribution in [0.3, 0.4) is 0 Å². The highest BCUT2D eigenvalue weighted by Crippen LogP contribution is 2.18. The molecule has 2 rings (SSSR count). The van der Waals surface area contributed by atoms with Gasteiger partial charge in [-0.1, -0.05) is 26.0 Å². The van der Waals surface area contributed by atoms with E-state index in [-0.39, 0.29) is 11.4 Å². The summed E-state index contributed by atoms with van der Waals surface area (Å²) in [7, 11) is -1.82. The van der Waals surface area contributed by atoms with Crippen molar-refractivity contribution >= 4 is 10.0 Å². The number of aryl methyl sites for hydroxylation is 1. The largest absolute Gasteiger partial charge is 0.386 e. The zero-order valence-corrected chi connectivity index (χ0v) is 13.8. The second-order valence-electron chi connectivity index (χ2n) is 5.64. The number of nitrogens with zero attached hydrogens (tertiary/aromatic N) is 1. The molecule has 0 spiro atoms. The molecule has 120 valence electrons. The molecular weight excluding hydrogens is 300 g/mol. The van der Waals surface area contributed by atoms with Crippen molar-refractivity contribution < 1.29 is 13.5 Å². The number of aromatic nitrogens is 1. The number of hydrogen-bond donors (Lipinski definition) is 2. The molecule has 0 radical (unpaired) electrons. The van der Waals surface area contributed by atoms with Crippen LogP contribution >= 0.6 is 0 Å². The third-order valence-electron chi connectivity index (χ3n) is 3.65. The lowest BCUT2D eigenvalue weighted by Gasteiger charge is -2.14. The number of rotatable bonds is 6. The van der Waals surface area contributed by atoms with Gasteiger partial charge in [0.2, 0.25) is 10.0 Å². The maximum Gasteiger partial charge on any atom is 0.240 e. The summed E-state index contributed by atoms with van der Waals surface area (Å²) >= 11 is 0. The summed E-state index contributed by atoms with van der Waals surface area (Å²) in [5.74, 6) is 0.351. The van der Waals surface area contributed by atoms with E-state index in [2.05, 4.69) is 18.6 Å². The van der Waals surface area contributed by atoms with Crippen LogP contribution in [0.5, 0.6) is 0 Å². The lowest BCUT2D eigenvalue weighted by Crippen LogP contribution is -2.29. The van der Waals surface area contributed by atoms with Crippen LogP contribution in [0.2, 0.25) is 0 Å². The minimum Gasteiger partial charge on any atom is -0.386 e. The van der Waals surface area contributed by atoms with Gasteiger partial charge in [-0.05, 0) is 35.7 Å². The fourth-order valence-corrected chi connectivity index (χ4v) is 3.27. The third-order valence-corrected chi connectivity index (χ3v) is 5.09. The fourth-order valence-electron chi connectivity index (χ4n) is 2.23. The van der Waals surface area contributed by atoms with E-state index in [4.69, 9.17) is 0 Å². The highest BCUT2D eigenvalue weighted by Gasteiger charge is 2.18. The Morgan fingerprint density at radius 3 is 2.32 bits per heavy atom. The molecule has 0 aliphatic heterocycles. The molecule has 0 saturated heterocycles. The van der Waals surface area contributed by atoms with E-state index in [0.29, 0.717) is 11.6 Å². The van der Waals surface area contributed by atoms with Crippen molar-refractivity contribution in [3.8, 4) is 0 Å². The lowest BCUT2D eigenvalue weighted by molar-refractivity contribution is 0.173. The Balaban J connectivity index is 2.06. The molecule has 0 amide bonds. The Morgan fingerprint density at radius 2 is 1.82 bits per heavy atom. The average molecular weight is 322 g/mol. The molecular formula is C16H22N2O3S. The highest BCUT2D eigenvalue weighted by atomic mass is 32.2. The summed E-state index contributed by atoms with van der Waals surface area (Å²) < 4.78 is 28.7. The maximum absolute atomic E-state index is 12.2. The summed E-state index contributed by atoms with van der Waals surface area (Å²) in [5, 5.41) is 10.1. The van der Waals surface area contributed by atoms with Gasteiger partial charge in [0.15, 0.2) is 0 Å². The van der Waals surface area contributed by atoms with Crippen LogP contribution in [-0.4, -0.2) is 24.6 Å². The van der Waals surface area contributed by atoms with Crippen molar-refractivity contribution in [3.05, 3.63) is 53.9 Å². The van der Waals surface area contributed by atoms with E-state index < -0.39 is 16.1 Å². The molecule has 0 saturated carbocycles. The number of benzene rings is 1. The minimum atomic E-state index is -3.62. The predicted octanol–water partition coefficient (Wildman–Crippen LogP) is 2.16. The third kappa shape index (κ3) is 3.76. The number of nitrogens with one attached hydrogen (secondary N) is 1. The van der Waals surface area contributed by atoms with Gasteiger partial charge >= 0.3 is 0 Å². The lowest BCUT2D eigenvalue weighted by atomic mass is 10.0. The van der Waals surface area contributed by atoms with Gasteiger partial charge in [0.05, 0.1) is 4.90 Å². The van der Waals surface area contributed by atoms with E-state index in [9.17, 15) is 13.5 Å². The molecule has 1 atom stereocenters. The minimum absolute atomic E-state index is 0.0634. The summed E-state index contributed by atoms with van der Waals surface area (Å²) in [6.45, 7) is 4.04. The topological polar surface area (TPSA) is 71.3 Å². The number of aliphatic hydroxyl groups is 1. The van der Waals surface area contributed by atoms with Gasteiger partial charge in [0, 0.05) is 25.5 Å². The van der Waals surface area contributed by atoms with E-state index in [0.717, 1.165) is 5.56 Å². The molecule has 22 heavy (non-hydrogen) atoms. The summed E-state index contributed by atoms with van der Waals surface area (Å²) in [6.07, 6.45) is 0.919. The molecule has 1 heterocycles. The highest BCUT2D eigenvalue weighted by molar-refractivity contribution is 7.89. The molecule has 0 fully saturated rings. The van der Waals surface area contributed by atoms with E-state index in [1.807, 2.05) is 12.1 Å². The van der Waals surface area contributed by atoms with Crippen LogP contribution in [0.25, 0.3) is 0 Å². The van der Waals surface area contributed by atoms with Crippen LogP contribution in [0, 0.1) is 0 Å². The zero-order valence-electron chi connectivity index (χ0n) is 13.0. The van der Waals surface area contributed by atoms with E-state index in [1.54, 1.807) is 42.1 Å². The quantitative estimate of drug-likeness (QED) is 0.856. The fraction of sp³-hybridized carbons (Fsp3) is 0.375. The molecule has 6 heteroatoms. The first-order valence-corrected chi connectivity index (χ1v) is 8.68. The van der Waals surface area contributed by atoms with Gasteiger partial charge in [-0.3, -0.25) is 0 Å². The number of aliphatic hydroxyl groups excluding tert-OH is 1. The first-order chi connectivity index (χ1) is 10.3. The average Bonchev–Trinajstić information content (AvgIpc) is 2.91. The molecule has 0 bridgehead atoms. The van der Waals surface area contributed by atoms with Gasteiger partial charge in [-0.15, -0.1) is 0 Å². The Kier molecular flexibility index (Phi) is 5.05. The van der Waals surface area contributed by atoms with Crippen LogP contribution in [0.15, 0.2) is 47.5 Å². The Bertz CT molecular complexity index is 718. The van der Waals surface area contributed by atoms with Gasteiger partial charge in [-0.2, -0.15) is 0 Å². The predicted molar refractivity (Wildman–Crippen MR) is 86.1 cm³/mol. The molecule has 1 unspecified atom stereocenters. The van der Waals surface area contributed by atoms with Gasteiger partial charge in [0.25, 0.3) is 0 Å². The standard InChI is InChI=1S/C16H22N2O3S/c1-12(2)13-6-8-14(9-7-13)22(20,21)17-11-16(19)15-5-4-10-18(15)3/h4-10,12,16-17,19H,11H2,1-3H3. The smallest absolute Gasteiger partial charge is 0.240 e. The van der Waals surface area contributed by atoms with Gasteiger partial charge in [-0.25, -0.2) is 13.1 Å². The Morgan fingerprint density at radius 1 is 1.18 bits per heavy atom. The van der Waals surface area contributed by atoms with Crippen LogP contribution < -0.4 is 4.72 Å². The molecule has 2 aromatic rings. The monoisotopic (exact) mass is 322 g/mol. The summed E-state index contributed by atoms with van der Waals surface area (Å²) in [6, 6.07) is 10.4. The van der Waals surface area contributed by atoms with Gasteiger partial charge < -0.3 is 9.67 Å². The second kappa shape index (κ2) is 6.64. The molecule has 0 aliphatic rings. The molecule has 1 aromatic heterocycles. The van der Waals surface area contributed by atoms with Gasteiger partial charge in [0.1, 0.15) is 6.10 Å². The maximum atomic E-state index is 12.2. The molecule has 1 aromatic carbocycles. The first-order valence-electron chi connectivity index (χ1n) is 7.20. The molecule has 2 N–H and O–H groups in total. The first kappa shape index (κ1) is 16.7. The summed E-state index contributed by atoms with van der Waals surface area (Å²) in [5.41, 5.74) is 1.75. The van der Waals surface area contributed by atoms with Crippen LogP contribution in [0.1, 0.15) is 37.1 Å². The molecule has 5 nitrogen and oxygen atoms in total. The van der Waals surface area contributed by atoms with Crippen molar-refractivity contribution in [3.63, 3.8) is 0 Å². The zero-order chi connectivity index (χ0) is 16.3. The van der Waals surface area contributed by atoms with Crippen molar-refractivity contribution in [2.45, 2.75) is 30.8 Å². The SMILES string of the molecule is CC(C)c1ccc(S(=O)(=O)NCC(O)c2cccn2C)cc1.